The molecular weight excluding hydrogens is 602 g/mol. The topological polar surface area (TPSA) is 293 Å². The summed E-state index contributed by atoms with van der Waals surface area (Å²) in [6, 6.07) is -7.06. The maximum atomic E-state index is 13.4. The van der Waals surface area contributed by atoms with Gasteiger partial charge in [-0.25, -0.2) is 0 Å². The third kappa shape index (κ3) is 14.4. The van der Waals surface area contributed by atoms with Crippen LogP contribution in [-0.2, 0) is 28.8 Å². The summed E-state index contributed by atoms with van der Waals surface area (Å²) in [6.45, 7) is 11.1. The van der Waals surface area contributed by atoms with Crippen LogP contribution in [0.1, 0.15) is 74.1 Å². The van der Waals surface area contributed by atoms with Gasteiger partial charge in [-0.1, -0.05) is 54.4 Å². The van der Waals surface area contributed by atoms with Crippen molar-refractivity contribution in [3.05, 3.63) is 0 Å². The zero-order chi connectivity index (χ0) is 35.7. The second-order valence-corrected chi connectivity index (χ2v) is 11.8. The molecule has 46 heavy (non-hydrogen) atoms. The molecule has 5 amide bonds. The van der Waals surface area contributed by atoms with E-state index < -0.39 is 90.2 Å². The van der Waals surface area contributed by atoms with E-state index in [-0.39, 0.29) is 31.3 Å². The molecule has 0 saturated carbocycles. The van der Waals surface area contributed by atoms with Gasteiger partial charge in [-0.3, -0.25) is 33.8 Å². The Bertz CT molecular complexity index is 1070. The monoisotopic (exact) mass is 657 g/mol. The van der Waals surface area contributed by atoms with Crippen LogP contribution in [0.4, 0.5) is 0 Å². The number of aliphatic imine (C=N–C) groups is 1. The first-order valence-corrected chi connectivity index (χ1v) is 15.6. The molecule has 0 bridgehead atoms. The van der Waals surface area contributed by atoms with Gasteiger partial charge in [0.1, 0.15) is 30.2 Å². The average Bonchev–Trinajstić information content (AvgIpc) is 3.00. The van der Waals surface area contributed by atoms with Gasteiger partial charge in [-0.2, -0.15) is 0 Å². The molecule has 0 heterocycles. The van der Waals surface area contributed by atoms with Gasteiger partial charge >= 0.3 is 5.97 Å². The number of amides is 5. The van der Waals surface area contributed by atoms with Crippen LogP contribution in [0.15, 0.2) is 4.99 Å². The number of carboxylic acids is 1. The maximum Gasteiger partial charge on any atom is 0.325 e. The van der Waals surface area contributed by atoms with Crippen molar-refractivity contribution in [3.8, 4) is 0 Å². The third-order valence-corrected chi connectivity index (χ3v) is 7.72. The van der Waals surface area contributed by atoms with Crippen molar-refractivity contribution in [3.63, 3.8) is 0 Å². The van der Waals surface area contributed by atoms with Crippen LogP contribution >= 0.6 is 0 Å². The Labute approximate surface area is 270 Å². The lowest BCUT2D eigenvalue weighted by atomic mass is 9.97. The van der Waals surface area contributed by atoms with E-state index in [1.54, 1.807) is 34.6 Å². The molecule has 0 saturated heterocycles. The predicted molar refractivity (Wildman–Crippen MR) is 172 cm³/mol. The Hall–Kier alpha value is -3.99. The second-order valence-electron chi connectivity index (χ2n) is 11.8. The summed E-state index contributed by atoms with van der Waals surface area (Å²) in [4.78, 5) is 80.5. The molecule has 0 unspecified atom stereocenters. The molecule has 0 radical (unpaired) electrons. The Morgan fingerprint density at radius 1 is 0.696 bits per heavy atom. The largest absolute Gasteiger partial charge is 0.480 e. The molecule has 0 aromatic heterocycles. The molecule has 0 aromatic carbocycles. The summed E-state index contributed by atoms with van der Waals surface area (Å²) in [5.74, 6) is -6.09. The molecule has 17 heteroatoms. The van der Waals surface area contributed by atoms with Gasteiger partial charge in [0, 0.05) is 6.54 Å². The number of aliphatic carboxylic acids is 1. The summed E-state index contributed by atoms with van der Waals surface area (Å²) >= 11 is 0. The minimum absolute atomic E-state index is 0.000992. The summed E-state index contributed by atoms with van der Waals surface area (Å²) in [7, 11) is 0. The molecule has 0 aliphatic carbocycles. The molecule has 0 spiro atoms. The summed E-state index contributed by atoms with van der Waals surface area (Å²) < 4.78 is 0. The van der Waals surface area contributed by atoms with Crippen LogP contribution < -0.4 is 43.8 Å². The van der Waals surface area contributed by atoms with Crippen molar-refractivity contribution in [2.75, 3.05) is 13.2 Å². The Balaban J connectivity index is 5.97. The van der Waals surface area contributed by atoms with E-state index >= 15 is 0 Å². The highest BCUT2D eigenvalue weighted by Crippen LogP contribution is 2.11. The van der Waals surface area contributed by atoms with Gasteiger partial charge in [0.05, 0.1) is 12.6 Å². The molecule has 13 N–H and O–H groups in total. The molecule has 0 rings (SSSR count). The Kier molecular flexibility index (Phi) is 19.1. The van der Waals surface area contributed by atoms with Gasteiger partial charge in [0.2, 0.25) is 29.5 Å². The van der Waals surface area contributed by atoms with E-state index in [1.807, 2.05) is 6.92 Å². The van der Waals surface area contributed by atoms with Crippen LogP contribution in [-0.4, -0.2) is 101 Å². The maximum absolute atomic E-state index is 13.4. The van der Waals surface area contributed by atoms with Gasteiger partial charge in [0.25, 0.3) is 0 Å². The minimum Gasteiger partial charge on any atom is -0.480 e. The van der Waals surface area contributed by atoms with Crippen molar-refractivity contribution in [1.82, 2.24) is 26.6 Å². The number of rotatable bonds is 21. The van der Waals surface area contributed by atoms with E-state index in [9.17, 15) is 39.0 Å². The number of nitrogens with two attached hydrogens (primary N) is 3. The quantitative estimate of drug-likeness (QED) is 0.0354. The SMILES string of the molecule is CC[C@H](C)[C@H](N)C(=O)N[C@H](C(=O)N[C@@H](CO)C(=O)N[C@@H](CCCN=C(N)N)C(=O)N[C@H](C(=O)N[C@@H](C)C(=O)O)[C@@H](C)CC)C(C)C. The number of nitrogens with zero attached hydrogens (tertiary/aromatic N) is 1. The van der Waals surface area contributed by atoms with Crippen LogP contribution in [0.3, 0.4) is 0 Å². The van der Waals surface area contributed by atoms with Crippen molar-refractivity contribution < 1.29 is 39.0 Å². The fourth-order valence-electron chi connectivity index (χ4n) is 4.12. The number of carboxylic acid groups (broad SMARTS) is 1. The molecule has 264 valence electrons. The van der Waals surface area contributed by atoms with Crippen LogP contribution in [0.5, 0.6) is 0 Å². The van der Waals surface area contributed by atoms with E-state index in [0.717, 1.165) is 0 Å². The van der Waals surface area contributed by atoms with Crippen LogP contribution in [0.25, 0.3) is 0 Å². The second kappa shape index (κ2) is 20.9. The molecule has 8 atom stereocenters. The van der Waals surface area contributed by atoms with Gasteiger partial charge in [-0.15, -0.1) is 0 Å². The van der Waals surface area contributed by atoms with E-state index in [1.165, 1.54) is 6.92 Å². The fourth-order valence-corrected chi connectivity index (χ4v) is 4.12. The zero-order valence-electron chi connectivity index (χ0n) is 28.0. The average molecular weight is 658 g/mol. The number of carbonyl (C=O) groups is 6. The first-order chi connectivity index (χ1) is 21.4. The summed E-state index contributed by atoms with van der Waals surface area (Å²) in [5, 5.41) is 31.6. The normalized spacial score (nSPS) is 16.3. The molecule has 0 aliphatic rings. The number of aliphatic hydroxyl groups excluding tert-OH is 1. The Morgan fingerprint density at radius 2 is 1.20 bits per heavy atom. The predicted octanol–water partition coefficient (Wildman–Crippen LogP) is -2.36. The van der Waals surface area contributed by atoms with Crippen molar-refractivity contribution in [2.24, 2.45) is 39.9 Å². The molecule has 0 aromatic rings. The summed E-state index contributed by atoms with van der Waals surface area (Å²) in [6.07, 6.45) is 1.32. The van der Waals surface area contributed by atoms with Crippen LogP contribution in [0, 0.1) is 17.8 Å². The molecule has 0 fully saturated rings. The van der Waals surface area contributed by atoms with Gasteiger partial charge < -0.3 is 54.0 Å². The fraction of sp³-hybridized carbons (Fsp3) is 0.759. The number of nitrogens with one attached hydrogen (secondary N) is 5. The standard InChI is InChI=1S/C29H55N9O8/c1-8-15(5)20(30)25(42)37-21(14(3)4)26(43)36-19(13-39)24(41)35-18(11-10-12-33-29(31)32)23(40)38-22(16(6)9-2)27(44)34-17(7)28(45)46/h14-22,39H,8-13,30H2,1-7H3,(H,34,44)(H,35,41)(H,36,43)(H,37,42)(H,38,40)(H,45,46)(H4,31,32,33)/t15-,16-,17-,18-,19-,20-,21-,22-/m0/s1. The zero-order valence-corrected chi connectivity index (χ0v) is 28.0. The number of hydrogen-bond donors (Lipinski definition) is 10. The lowest BCUT2D eigenvalue weighted by molar-refractivity contribution is -0.142. The van der Waals surface area contributed by atoms with Crippen molar-refractivity contribution in [1.29, 1.82) is 0 Å². The van der Waals surface area contributed by atoms with Crippen LogP contribution in [0.2, 0.25) is 0 Å². The lowest BCUT2D eigenvalue weighted by Crippen LogP contribution is -2.61. The van der Waals surface area contributed by atoms with E-state index in [4.69, 9.17) is 17.2 Å². The highest BCUT2D eigenvalue weighted by molar-refractivity contribution is 5.96. The number of carbonyl (C=O) groups excluding carboxylic acids is 5. The smallest absolute Gasteiger partial charge is 0.325 e. The highest BCUT2D eigenvalue weighted by Gasteiger charge is 2.34. The lowest BCUT2D eigenvalue weighted by Gasteiger charge is -2.29. The van der Waals surface area contributed by atoms with E-state index in [2.05, 4.69) is 31.6 Å². The first-order valence-electron chi connectivity index (χ1n) is 15.6. The molecule has 17 nitrogen and oxygen atoms in total. The van der Waals surface area contributed by atoms with Gasteiger partial charge in [-0.05, 0) is 37.5 Å². The first kappa shape index (κ1) is 42.0. The van der Waals surface area contributed by atoms with Crippen molar-refractivity contribution in [2.45, 2.75) is 110 Å². The minimum atomic E-state index is -1.51. The van der Waals surface area contributed by atoms with Crippen molar-refractivity contribution >= 4 is 41.5 Å². The molecular formula is C29H55N9O8. The Morgan fingerprint density at radius 3 is 1.67 bits per heavy atom. The number of guanidine groups is 1. The summed E-state index contributed by atoms with van der Waals surface area (Å²) in [5.41, 5.74) is 16.7. The third-order valence-electron chi connectivity index (χ3n) is 7.72. The van der Waals surface area contributed by atoms with Gasteiger partial charge in [0.15, 0.2) is 5.96 Å². The number of aliphatic hydroxyl groups is 1. The molecule has 0 aliphatic heterocycles. The highest BCUT2D eigenvalue weighted by atomic mass is 16.4. The number of hydrogen-bond acceptors (Lipinski definition) is 9. The van der Waals surface area contributed by atoms with E-state index in [0.29, 0.717) is 12.8 Å².